The highest BCUT2D eigenvalue weighted by Crippen LogP contribution is 2.41. The van der Waals surface area contributed by atoms with E-state index < -0.39 is 18.8 Å². The number of aliphatic carboxylic acids is 1. The summed E-state index contributed by atoms with van der Waals surface area (Å²) in [6.45, 7) is -0.590. The van der Waals surface area contributed by atoms with E-state index in [2.05, 4.69) is 20.5 Å². The van der Waals surface area contributed by atoms with Crippen LogP contribution in [0, 0.1) is 0 Å². The molecule has 11 heteroatoms. The lowest BCUT2D eigenvalue weighted by Crippen LogP contribution is -2.29. The summed E-state index contributed by atoms with van der Waals surface area (Å²) in [5.74, 6) is 0.259. The van der Waals surface area contributed by atoms with Gasteiger partial charge in [-0.1, -0.05) is 53.7 Å². The predicted octanol–water partition coefficient (Wildman–Crippen LogP) is 4.12. The number of halogens is 1. The molecule has 0 bridgehead atoms. The van der Waals surface area contributed by atoms with Gasteiger partial charge < -0.3 is 29.4 Å². The van der Waals surface area contributed by atoms with Crippen LogP contribution < -0.4 is 24.6 Å². The summed E-state index contributed by atoms with van der Waals surface area (Å²) in [4.78, 5) is 15.5. The second kappa shape index (κ2) is 10.9. The van der Waals surface area contributed by atoms with Crippen molar-refractivity contribution in [3.8, 4) is 28.6 Å². The molecular formula is C26H20ClN4O5S-. The summed E-state index contributed by atoms with van der Waals surface area (Å²) < 4.78 is 17.0. The molecule has 37 heavy (non-hydrogen) atoms. The number of nitrogens with zero attached hydrogens (tertiary/aromatic N) is 3. The number of nitrogens with one attached hydrogen (secondary N) is 1. The van der Waals surface area contributed by atoms with Crippen molar-refractivity contribution in [2.75, 3.05) is 19.0 Å². The van der Waals surface area contributed by atoms with Crippen LogP contribution in [-0.2, 0) is 10.5 Å². The first-order chi connectivity index (χ1) is 18.0. The van der Waals surface area contributed by atoms with Gasteiger partial charge in [-0.25, -0.2) is 0 Å². The van der Waals surface area contributed by atoms with E-state index >= 15 is 0 Å². The van der Waals surface area contributed by atoms with E-state index in [0.717, 1.165) is 16.8 Å². The fourth-order valence-electron chi connectivity index (χ4n) is 3.69. The quantitative estimate of drug-likeness (QED) is 0.330. The standard InChI is InChI=1S/C26H21ClN4O5S/c1-34-21-12-16(8-11-20(21)35-13-22(32)33)24-28-19-5-3-2-4-18(19)23-25(36-24)29-26(31-30-23)37-14-15-6-9-17(27)10-7-15/h2-12,24,28H,13-14H2,1H3,(H,32,33)/p-1. The summed E-state index contributed by atoms with van der Waals surface area (Å²) in [5.41, 5.74) is 3.89. The Hall–Kier alpha value is -4.02. The Balaban J connectivity index is 1.45. The Morgan fingerprint density at radius 1 is 1.11 bits per heavy atom. The molecule has 1 N–H and O–H groups in total. The van der Waals surface area contributed by atoms with E-state index in [9.17, 15) is 9.90 Å². The number of rotatable bonds is 8. The molecule has 1 atom stereocenters. The predicted molar refractivity (Wildman–Crippen MR) is 137 cm³/mol. The Kier molecular flexibility index (Phi) is 7.29. The molecule has 0 fully saturated rings. The lowest BCUT2D eigenvalue weighted by molar-refractivity contribution is -0.307. The number of fused-ring (bicyclic) bond motifs is 3. The van der Waals surface area contributed by atoms with Crippen molar-refractivity contribution in [1.29, 1.82) is 0 Å². The maximum atomic E-state index is 10.8. The molecule has 0 aliphatic carbocycles. The monoisotopic (exact) mass is 535 g/mol. The number of carbonyl (C=O) groups is 1. The first-order valence-corrected chi connectivity index (χ1v) is 12.5. The number of para-hydroxylation sites is 1. The van der Waals surface area contributed by atoms with Gasteiger partial charge in [0.15, 0.2) is 23.4 Å². The highest BCUT2D eigenvalue weighted by Gasteiger charge is 2.27. The van der Waals surface area contributed by atoms with Crippen molar-refractivity contribution in [2.24, 2.45) is 0 Å². The molecule has 5 rings (SSSR count). The van der Waals surface area contributed by atoms with Crippen LogP contribution in [0.1, 0.15) is 17.4 Å². The van der Waals surface area contributed by atoms with Crippen LogP contribution in [-0.4, -0.2) is 34.9 Å². The minimum absolute atomic E-state index is 0.273. The summed E-state index contributed by atoms with van der Waals surface area (Å²) >= 11 is 7.42. The van der Waals surface area contributed by atoms with E-state index in [0.29, 0.717) is 38.8 Å². The Morgan fingerprint density at radius 3 is 2.70 bits per heavy atom. The number of carboxylic acid groups (broad SMARTS) is 1. The molecular weight excluding hydrogens is 516 g/mol. The zero-order valence-corrected chi connectivity index (χ0v) is 21.1. The molecule has 1 unspecified atom stereocenters. The first-order valence-electron chi connectivity index (χ1n) is 11.2. The molecule has 0 spiro atoms. The van der Waals surface area contributed by atoms with Crippen LogP contribution in [0.15, 0.2) is 71.9 Å². The highest BCUT2D eigenvalue weighted by molar-refractivity contribution is 7.98. The maximum absolute atomic E-state index is 10.8. The highest BCUT2D eigenvalue weighted by atomic mass is 35.5. The average Bonchev–Trinajstić information content (AvgIpc) is 3.08. The number of anilines is 1. The smallest absolute Gasteiger partial charge is 0.247 e. The molecule has 188 valence electrons. The number of carbonyl (C=O) groups excluding carboxylic acids is 1. The molecule has 9 nitrogen and oxygen atoms in total. The largest absolute Gasteiger partial charge is 0.546 e. The normalized spacial score (nSPS) is 13.8. The van der Waals surface area contributed by atoms with Gasteiger partial charge in [-0.15, -0.1) is 10.2 Å². The van der Waals surface area contributed by atoms with Crippen LogP contribution in [0.25, 0.3) is 11.3 Å². The molecule has 3 aromatic carbocycles. The third kappa shape index (κ3) is 5.71. The second-order valence-corrected chi connectivity index (χ2v) is 9.30. The summed E-state index contributed by atoms with van der Waals surface area (Å²) in [7, 11) is 1.47. The topological polar surface area (TPSA) is 119 Å². The number of carboxylic acids is 1. The molecule has 0 saturated carbocycles. The number of hydrogen-bond donors (Lipinski definition) is 1. The average molecular weight is 536 g/mol. The fourth-order valence-corrected chi connectivity index (χ4v) is 4.55. The molecule has 2 heterocycles. The zero-order chi connectivity index (χ0) is 25.8. The fraction of sp³-hybridized carbons (Fsp3) is 0.154. The number of benzene rings is 3. The second-order valence-electron chi connectivity index (χ2n) is 7.92. The van der Waals surface area contributed by atoms with Gasteiger partial charge in [0.1, 0.15) is 6.61 Å². The van der Waals surface area contributed by atoms with E-state index in [4.69, 9.17) is 25.8 Å². The van der Waals surface area contributed by atoms with E-state index in [1.54, 1.807) is 18.2 Å². The first kappa shape index (κ1) is 24.7. The van der Waals surface area contributed by atoms with Gasteiger partial charge in [0.05, 0.1) is 13.1 Å². The van der Waals surface area contributed by atoms with E-state index in [1.165, 1.54) is 18.9 Å². The molecule has 1 aliphatic rings. The Morgan fingerprint density at radius 2 is 1.92 bits per heavy atom. The van der Waals surface area contributed by atoms with Crippen LogP contribution in [0.5, 0.6) is 17.4 Å². The molecule has 1 aromatic heterocycles. The number of hydrogen-bond acceptors (Lipinski definition) is 10. The number of aromatic nitrogens is 3. The summed E-state index contributed by atoms with van der Waals surface area (Å²) in [5, 5.41) is 24.1. The van der Waals surface area contributed by atoms with Crippen molar-refractivity contribution >= 4 is 35.0 Å². The van der Waals surface area contributed by atoms with Gasteiger partial charge in [0.25, 0.3) is 0 Å². The Bertz CT molecular complexity index is 1440. The molecule has 4 aromatic rings. The van der Waals surface area contributed by atoms with Gasteiger partial charge in [-0.05, 0) is 42.0 Å². The summed E-state index contributed by atoms with van der Waals surface area (Å²) in [6.07, 6.45) is -0.655. The van der Waals surface area contributed by atoms with E-state index in [-0.39, 0.29) is 5.75 Å². The number of methoxy groups -OCH3 is 1. The van der Waals surface area contributed by atoms with Gasteiger partial charge in [-0.2, -0.15) is 4.98 Å². The van der Waals surface area contributed by atoms with Gasteiger partial charge >= 0.3 is 0 Å². The third-order valence-electron chi connectivity index (χ3n) is 5.45. The van der Waals surface area contributed by atoms with Crippen LogP contribution >= 0.6 is 23.4 Å². The lowest BCUT2D eigenvalue weighted by atomic mass is 10.1. The van der Waals surface area contributed by atoms with Crippen molar-refractivity contribution in [3.63, 3.8) is 0 Å². The van der Waals surface area contributed by atoms with Crippen LogP contribution in [0.4, 0.5) is 5.69 Å². The third-order valence-corrected chi connectivity index (χ3v) is 6.61. The lowest BCUT2D eigenvalue weighted by Gasteiger charge is -2.21. The molecule has 0 amide bonds. The van der Waals surface area contributed by atoms with Gasteiger partial charge in [0, 0.05) is 27.6 Å². The van der Waals surface area contributed by atoms with Crippen molar-refractivity contribution in [2.45, 2.75) is 17.1 Å². The van der Waals surface area contributed by atoms with Gasteiger partial charge in [0.2, 0.25) is 11.0 Å². The van der Waals surface area contributed by atoms with Crippen molar-refractivity contribution < 1.29 is 24.1 Å². The maximum Gasteiger partial charge on any atom is 0.247 e. The Labute approximate surface area is 221 Å². The SMILES string of the molecule is COc1cc(C2Nc3ccccc3-c3nnc(SCc4ccc(Cl)cc4)nc3O2)ccc1OCC(=O)[O-]. The number of thioether (sulfide) groups is 1. The molecule has 1 aliphatic heterocycles. The molecule has 0 radical (unpaired) electrons. The molecule has 0 saturated heterocycles. The van der Waals surface area contributed by atoms with E-state index in [1.807, 2.05) is 48.5 Å². The minimum atomic E-state index is -1.33. The zero-order valence-electron chi connectivity index (χ0n) is 19.5. The van der Waals surface area contributed by atoms with Crippen LogP contribution in [0.2, 0.25) is 5.02 Å². The van der Waals surface area contributed by atoms with Crippen molar-refractivity contribution in [3.05, 3.63) is 82.9 Å². The van der Waals surface area contributed by atoms with Gasteiger partial charge in [-0.3, -0.25) is 0 Å². The van der Waals surface area contributed by atoms with Crippen LogP contribution in [0.3, 0.4) is 0 Å². The van der Waals surface area contributed by atoms with Crippen molar-refractivity contribution in [1.82, 2.24) is 15.2 Å². The summed E-state index contributed by atoms with van der Waals surface area (Å²) in [6, 6.07) is 20.3. The number of ether oxygens (including phenoxy) is 3. The minimum Gasteiger partial charge on any atom is -0.546 e.